The fourth-order valence-corrected chi connectivity index (χ4v) is 2.13. The summed E-state index contributed by atoms with van der Waals surface area (Å²) in [6.45, 7) is 3.67. The van der Waals surface area contributed by atoms with Crippen LogP contribution in [0.4, 0.5) is 0 Å². The van der Waals surface area contributed by atoms with Crippen LogP contribution in [0, 0.1) is 12.8 Å². The van der Waals surface area contributed by atoms with E-state index in [9.17, 15) is 0 Å². The fraction of sp³-hybridized carbons (Fsp3) is 0.571. The number of ether oxygens (including phenoxy) is 1. The zero-order valence-corrected chi connectivity index (χ0v) is 10.0. The molecule has 0 aromatic heterocycles. The Morgan fingerprint density at radius 3 is 2.81 bits per heavy atom. The van der Waals surface area contributed by atoms with Crippen LogP contribution in [0.2, 0.25) is 0 Å². The molecule has 0 saturated heterocycles. The second kappa shape index (κ2) is 5.35. The van der Waals surface area contributed by atoms with Crippen LogP contribution in [0.15, 0.2) is 18.2 Å². The molecule has 0 radical (unpaired) electrons. The largest absolute Gasteiger partial charge is 0.493 e. The summed E-state index contributed by atoms with van der Waals surface area (Å²) in [5.41, 5.74) is 8.10. The molecule has 0 heterocycles. The quantitative estimate of drug-likeness (QED) is 0.826. The summed E-state index contributed by atoms with van der Waals surface area (Å²) >= 11 is 0. The highest BCUT2D eigenvalue weighted by molar-refractivity contribution is 5.40. The van der Waals surface area contributed by atoms with Crippen molar-refractivity contribution in [2.75, 3.05) is 13.2 Å². The third-order valence-electron chi connectivity index (χ3n) is 3.40. The zero-order chi connectivity index (χ0) is 11.4. The molecule has 88 valence electrons. The van der Waals surface area contributed by atoms with E-state index >= 15 is 0 Å². The topological polar surface area (TPSA) is 35.2 Å². The number of nitrogens with two attached hydrogens (primary N) is 1. The average Bonchev–Trinajstić information content (AvgIpc) is 2.20. The molecule has 1 aliphatic rings. The van der Waals surface area contributed by atoms with Gasteiger partial charge in [0.15, 0.2) is 0 Å². The smallest absolute Gasteiger partial charge is 0.125 e. The number of benzene rings is 1. The lowest BCUT2D eigenvalue weighted by atomic mass is 9.86. The van der Waals surface area contributed by atoms with Crippen molar-refractivity contribution < 1.29 is 4.74 Å². The van der Waals surface area contributed by atoms with Crippen LogP contribution in [0.1, 0.15) is 30.4 Å². The normalized spacial score (nSPS) is 15.9. The van der Waals surface area contributed by atoms with Crippen LogP contribution < -0.4 is 10.5 Å². The highest BCUT2D eigenvalue weighted by atomic mass is 16.5. The molecule has 0 bridgehead atoms. The number of aryl methyl sites for hydroxylation is 1. The highest BCUT2D eigenvalue weighted by Gasteiger charge is 2.18. The third kappa shape index (κ3) is 2.56. The molecule has 2 nitrogen and oxygen atoms in total. The van der Waals surface area contributed by atoms with Gasteiger partial charge in [0, 0.05) is 0 Å². The van der Waals surface area contributed by atoms with Crippen LogP contribution in [0.5, 0.6) is 5.75 Å². The van der Waals surface area contributed by atoms with Gasteiger partial charge in [-0.05, 0) is 49.8 Å². The second-order valence-electron chi connectivity index (χ2n) is 4.71. The highest BCUT2D eigenvalue weighted by Crippen LogP contribution is 2.29. The number of hydrogen-bond acceptors (Lipinski definition) is 2. The predicted octanol–water partition coefficient (Wildman–Crippen LogP) is 2.68. The summed E-state index contributed by atoms with van der Waals surface area (Å²) in [6.07, 6.45) is 4.94. The molecule has 0 atom stereocenters. The van der Waals surface area contributed by atoms with Gasteiger partial charge in [-0.15, -0.1) is 0 Å². The molecular weight excluding hydrogens is 198 g/mol. The first kappa shape index (κ1) is 11.5. The first-order valence-electron chi connectivity index (χ1n) is 6.22. The monoisotopic (exact) mass is 219 g/mol. The first-order valence-corrected chi connectivity index (χ1v) is 6.22. The van der Waals surface area contributed by atoms with E-state index in [4.69, 9.17) is 10.5 Å². The van der Waals surface area contributed by atoms with Crippen molar-refractivity contribution in [1.29, 1.82) is 0 Å². The minimum atomic E-state index is 0.684. The maximum absolute atomic E-state index is 5.97. The molecule has 2 N–H and O–H groups in total. The van der Waals surface area contributed by atoms with Crippen molar-refractivity contribution >= 4 is 0 Å². The van der Waals surface area contributed by atoms with Gasteiger partial charge in [0.1, 0.15) is 5.75 Å². The van der Waals surface area contributed by atoms with Crippen LogP contribution in [-0.2, 0) is 6.42 Å². The van der Waals surface area contributed by atoms with Gasteiger partial charge in [-0.1, -0.05) is 24.6 Å². The van der Waals surface area contributed by atoms with Gasteiger partial charge in [0.25, 0.3) is 0 Å². The van der Waals surface area contributed by atoms with Crippen LogP contribution in [0.25, 0.3) is 0 Å². The molecular formula is C14H21NO. The number of para-hydroxylation sites is 1. The van der Waals surface area contributed by atoms with Crippen molar-refractivity contribution in [3.05, 3.63) is 29.3 Å². The summed E-state index contributed by atoms with van der Waals surface area (Å²) in [5, 5.41) is 0. The Kier molecular flexibility index (Phi) is 3.83. The third-order valence-corrected chi connectivity index (χ3v) is 3.40. The van der Waals surface area contributed by atoms with Crippen LogP contribution in [0.3, 0.4) is 0 Å². The van der Waals surface area contributed by atoms with E-state index in [1.54, 1.807) is 0 Å². The molecule has 1 aromatic carbocycles. The molecule has 0 amide bonds. The SMILES string of the molecule is Cc1cccc(CCN)c1OCC1CCC1. The van der Waals surface area contributed by atoms with E-state index in [1.165, 1.54) is 30.4 Å². The van der Waals surface area contributed by atoms with E-state index in [2.05, 4.69) is 25.1 Å². The summed E-state index contributed by atoms with van der Waals surface area (Å²) in [7, 11) is 0. The maximum atomic E-state index is 5.97. The van der Waals surface area contributed by atoms with Crippen molar-refractivity contribution in [1.82, 2.24) is 0 Å². The summed E-state index contributed by atoms with van der Waals surface area (Å²) in [6, 6.07) is 6.31. The molecule has 0 spiro atoms. The van der Waals surface area contributed by atoms with Gasteiger partial charge in [-0.2, -0.15) is 0 Å². The van der Waals surface area contributed by atoms with E-state index in [1.807, 2.05) is 0 Å². The molecule has 16 heavy (non-hydrogen) atoms. The minimum Gasteiger partial charge on any atom is -0.493 e. The molecule has 1 aliphatic carbocycles. The van der Waals surface area contributed by atoms with Crippen molar-refractivity contribution in [2.45, 2.75) is 32.6 Å². The van der Waals surface area contributed by atoms with E-state index in [-0.39, 0.29) is 0 Å². The van der Waals surface area contributed by atoms with E-state index in [0.717, 1.165) is 24.7 Å². The molecule has 1 saturated carbocycles. The Balaban J connectivity index is 2.03. The molecule has 0 aliphatic heterocycles. The first-order chi connectivity index (χ1) is 7.81. The van der Waals surface area contributed by atoms with Crippen molar-refractivity contribution in [3.8, 4) is 5.75 Å². The van der Waals surface area contributed by atoms with Crippen LogP contribution in [-0.4, -0.2) is 13.2 Å². The Morgan fingerprint density at radius 1 is 1.38 bits per heavy atom. The van der Waals surface area contributed by atoms with Gasteiger partial charge < -0.3 is 10.5 Å². The molecule has 2 heteroatoms. The minimum absolute atomic E-state index is 0.684. The van der Waals surface area contributed by atoms with Gasteiger partial charge in [-0.25, -0.2) is 0 Å². The molecule has 0 unspecified atom stereocenters. The van der Waals surface area contributed by atoms with E-state index < -0.39 is 0 Å². The van der Waals surface area contributed by atoms with Gasteiger partial charge in [-0.3, -0.25) is 0 Å². The van der Waals surface area contributed by atoms with Gasteiger partial charge >= 0.3 is 0 Å². The lowest BCUT2D eigenvalue weighted by Gasteiger charge is -2.26. The standard InChI is InChI=1S/C14H21NO/c1-11-4-2-7-13(8-9-15)14(11)16-10-12-5-3-6-12/h2,4,7,12H,3,5-6,8-10,15H2,1H3. The predicted molar refractivity (Wildman–Crippen MR) is 66.8 cm³/mol. The van der Waals surface area contributed by atoms with Gasteiger partial charge in [0.2, 0.25) is 0 Å². The van der Waals surface area contributed by atoms with E-state index in [0.29, 0.717) is 6.54 Å². The lowest BCUT2D eigenvalue weighted by Crippen LogP contribution is -2.20. The fourth-order valence-electron chi connectivity index (χ4n) is 2.13. The molecule has 1 aromatic rings. The van der Waals surface area contributed by atoms with Gasteiger partial charge in [0.05, 0.1) is 6.61 Å². The van der Waals surface area contributed by atoms with Crippen molar-refractivity contribution in [3.63, 3.8) is 0 Å². The maximum Gasteiger partial charge on any atom is 0.125 e. The number of hydrogen-bond donors (Lipinski definition) is 1. The Bertz CT molecular complexity index is 345. The Labute approximate surface area is 97.8 Å². The summed E-state index contributed by atoms with van der Waals surface area (Å²) < 4.78 is 5.97. The second-order valence-corrected chi connectivity index (χ2v) is 4.71. The molecule has 1 fully saturated rings. The Morgan fingerprint density at radius 2 is 2.19 bits per heavy atom. The molecule has 2 rings (SSSR count). The van der Waals surface area contributed by atoms with Crippen LogP contribution >= 0.6 is 0 Å². The Hall–Kier alpha value is -1.02. The number of rotatable bonds is 5. The lowest BCUT2D eigenvalue weighted by molar-refractivity contribution is 0.178. The summed E-state index contributed by atoms with van der Waals surface area (Å²) in [5.74, 6) is 1.85. The summed E-state index contributed by atoms with van der Waals surface area (Å²) in [4.78, 5) is 0. The zero-order valence-electron chi connectivity index (χ0n) is 10.0. The average molecular weight is 219 g/mol. The van der Waals surface area contributed by atoms with Crippen molar-refractivity contribution in [2.24, 2.45) is 11.7 Å².